The van der Waals surface area contributed by atoms with E-state index in [1.807, 2.05) is 10.9 Å². The number of carboxylic acid groups (broad SMARTS) is 1. The number of halogens is 2. The van der Waals surface area contributed by atoms with Gasteiger partial charge in [0.15, 0.2) is 0 Å². The Morgan fingerprint density at radius 3 is 2.65 bits per heavy atom. The van der Waals surface area contributed by atoms with E-state index in [4.69, 9.17) is 5.11 Å². The summed E-state index contributed by atoms with van der Waals surface area (Å²) in [5.41, 5.74) is 1.07. The van der Waals surface area contributed by atoms with Crippen molar-refractivity contribution in [3.63, 3.8) is 0 Å². The summed E-state index contributed by atoms with van der Waals surface area (Å²) in [6, 6.07) is 4.26. The van der Waals surface area contributed by atoms with Crippen LogP contribution in [0.3, 0.4) is 0 Å². The molecule has 1 aromatic heterocycles. The number of rotatable bonds is 5. The van der Waals surface area contributed by atoms with Crippen LogP contribution in [-0.2, 0) is 0 Å². The maximum absolute atomic E-state index is 12.4. The molecule has 0 saturated heterocycles. The van der Waals surface area contributed by atoms with Crippen LogP contribution in [0.2, 0.25) is 0 Å². The van der Waals surface area contributed by atoms with E-state index in [0.717, 1.165) is 18.9 Å². The topological polar surface area (TPSA) is 64.3 Å². The summed E-state index contributed by atoms with van der Waals surface area (Å²) in [7, 11) is 0. The lowest BCUT2D eigenvalue weighted by atomic mass is 10.1. The molecule has 1 aliphatic carbocycles. The zero-order valence-corrected chi connectivity index (χ0v) is 12.3. The third-order valence-corrected chi connectivity index (χ3v) is 4.01. The van der Waals surface area contributed by atoms with Crippen molar-refractivity contribution in [2.75, 3.05) is 0 Å². The first kappa shape index (κ1) is 15.5. The van der Waals surface area contributed by atoms with Crippen LogP contribution in [0.4, 0.5) is 8.78 Å². The Labute approximate surface area is 131 Å². The van der Waals surface area contributed by atoms with E-state index in [1.165, 1.54) is 25.0 Å². The third kappa shape index (κ3) is 3.49. The second kappa shape index (κ2) is 6.36. The third-order valence-electron chi connectivity index (χ3n) is 4.01. The van der Waals surface area contributed by atoms with Crippen LogP contribution in [-0.4, -0.2) is 27.5 Å². The van der Waals surface area contributed by atoms with Crippen molar-refractivity contribution in [1.29, 1.82) is 0 Å². The molecule has 0 unspecified atom stereocenters. The molecule has 1 N–H and O–H groups in total. The molecular formula is C16H16F2N2O3. The second-order valence-corrected chi connectivity index (χ2v) is 5.58. The van der Waals surface area contributed by atoms with E-state index in [2.05, 4.69) is 9.84 Å². The summed E-state index contributed by atoms with van der Waals surface area (Å²) in [6.07, 6.45) is 7.90. The van der Waals surface area contributed by atoms with Gasteiger partial charge in [0.1, 0.15) is 5.75 Å². The quantitative estimate of drug-likeness (QED) is 0.905. The number of aromatic carboxylic acids is 1. The van der Waals surface area contributed by atoms with Crippen LogP contribution >= 0.6 is 0 Å². The van der Waals surface area contributed by atoms with Gasteiger partial charge in [-0.05, 0) is 36.6 Å². The van der Waals surface area contributed by atoms with Gasteiger partial charge in [-0.1, -0.05) is 12.8 Å². The molecule has 23 heavy (non-hydrogen) atoms. The first-order valence-electron chi connectivity index (χ1n) is 7.40. The van der Waals surface area contributed by atoms with E-state index in [0.29, 0.717) is 17.2 Å². The molecule has 122 valence electrons. The molecule has 1 saturated carbocycles. The number of benzene rings is 1. The molecule has 1 aliphatic rings. The van der Waals surface area contributed by atoms with Crippen molar-refractivity contribution in [2.24, 2.45) is 0 Å². The smallest absolute Gasteiger partial charge is 0.387 e. The number of carboxylic acids is 1. The maximum atomic E-state index is 12.4. The van der Waals surface area contributed by atoms with Gasteiger partial charge in [-0.2, -0.15) is 13.9 Å². The zero-order chi connectivity index (χ0) is 16.4. The fraction of sp³-hybridized carbons (Fsp3) is 0.375. The summed E-state index contributed by atoms with van der Waals surface area (Å²) in [5, 5.41) is 13.4. The molecule has 1 aromatic carbocycles. The van der Waals surface area contributed by atoms with Gasteiger partial charge in [-0.3, -0.25) is 4.68 Å². The lowest BCUT2D eigenvalue weighted by Crippen LogP contribution is -2.05. The first-order valence-corrected chi connectivity index (χ1v) is 7.40. The standard InChI is InChI=1S/C16H16F2N2O3/c17-16(18)23-14-6-10(5-11(7-14)15(21)22)12-8-19-20(9-12)13-3-1-2-4-13/h5-9,13,16H,1-4H2,(H,21,22). The normalized spacial score (nSPS) is 15.3. The highest BCUT2D eigenvalue weighted by molar-refractivity contribution is 5.90. The van der Waals surface area contributed by atoms with E-state index in [1.54, 1.807) is 6.20 Å². The van der Waals surface area contributed by atoms with E-state index in [9.17, 15) is 13.6 Å². The van der Waals surface area contributed by atoms with Crippen LogP contribution < -0.4 is 4.74 Å². The average molecular weight is 322 g/mol. The molecular weight excluding hydrogens is 306 g/mol. The van der Waals surface area contributed by atoms with Crippen molar-refractivity contribution in [1.82, 2.24) is 9.78 Å². The molecule has 1 fully saturated rings. The molecule has 0 spiro atoms. The Bertz CT molecular complexity index is 709. The van der Waals surface area contributed by atoms with Gasteiger partial charge in [0.25, 0.3) is 0 Å². The SMILES string of the molecule is O=C(O)c1cc(OC(F)F)cc(-c2cnn(C3CCCC3)c2)c1. The summed E-state index contributed by atoms with van der Waals surface area (Å²) in [6.45, 7) is -3.01. The summed E-state index contributed by atoms with van der Waals surface area (Å²) in [5.74, 6) is -1.38. The van der Waals surface area contributed by atoms with Gasteiger partial charge in [0, 0.05) is 11.8 Å². The molecule has 7 heteroatoms. The van der Waals surface area contributed by atoms with Crippen molar-refractivity contribution in [3.8, 4) is 16.9 Å². The Kier molecular flexibility index (Phi) is 4.27. The molecule has 0 bridgehead atoms. The van der Waals surface area contributed by atoms with Crippen molar-refractivity contribution in [2.45, 2.75) is 38.3 Å². The monoisotopic (exact) mass is 322 g/mol. The Morgan fingerprint density at radius 2 is 2.00 bits per heavy atom. The van der Waals surface area contributed by atoms with Crippen LogP contribution in [0.25, 0.3) is 11.1 Å². The molecule has 3 rings (SSSR count). The van der Waals surface area contributed by atoms with Gasteiger partial charge < -0.3 is 9.84 Å². The van der Waals surface area contributed by atoms with E-state index in [-0.39, 0.29) is 11.3 Å². The predicted molar refractivity (Wildman–Crippen MR) is 78.8 cm³/mol. The van der Waals surface area contributed by atoms with Crippen molar-refractivity contribution in [3.05, 3.63) is 36.2 Å². The fourth-order valence-corrected chi connectivity index (χ4v) is 2.92. The predicted octanol–water partition coefficient (Wildman–Crippen LogP) is 3.96. The number of ether oxygens (including phenoxy) is 1. The lowest BCUT2D eigenvalue weighted by Gasteiger charge is -2.09. The van der Waals surface area contributed by atoms with Crippen LogP contribution in [0, 0.1) is 0 Å². The Hall–Kier alpha value is -2.44. The highest BCUT2D eigenvalue weighted by atomic mass is 19.3. The summed E-state index contributed by atoms with van der Waals surface area (Å²) < 4.78 is 31.0. The van der Waals surface area contributed by atoms with Gasteiger partial charge in [-0.15, -0.1) is 0 Å². The fourth-order valence-electron chi connectivity index (χ4n) is 2.92. The highest BCUT2D eigenvalue weighted by Crippen LogP contribution is 2.32. The Balaban J connectivity index is 1.94. The molecule has 0 amide bonds. The number of hydrogen-bond acceptors (Lipinski definition) is 3. The van der Waals surface area contributed by atoms with E-state index >= 15 is 0 Å². The highest BCUT2D eigenvalue weighted by Gasteiger charge is 2.19. The van der Waals surface area contributed by atoms with Crippen LogP contribution in [0.5, 0.6) is 5.75 Å². The van der Waals surface area contributed by atoms with Crippen LogP contribution in [0.15, 0.2) is 30.6 Å². The lowest BCUT2D eigenvalue weighted by molar-refractivity contribution is -0.0498. The zero-order valence-electron chi connectivity index (χ0n) is 12.3. The van der Waals surface area contributed by atoms with E-state index < -0.39 is 12.6 Å². The minimum absolute atomic E-state index is 0.105. The van der Waals surface area contributed by atoms with Gasteiger partial charge in [0.2, 0.25) is 0 Å². The number of carbonyl (C=O) groups is 1. The molecule has 0 radical (unpaired) electrons. The molecule has 0 aliphatic heterocycles. The molecule has 2 aromatic rings. The number of aromatic nitrogens is 2. The van der Waals surface area contributed by atoms with Gasteiger partial charge in [-0.25, -0.2) is 4.79 Å². The van der Waals surface area contributed by atoms with Crippen molar-refractivity contribution < 1.29 is 23.4 Å². The summed E-state index contributed by atoms with van der Waals surface area (Å²) in [4.78, 5) is 11.2. The second-order valence-electron chi connectivity index (χ2n) is 5.58. The summed E-state index contributed by atoms with van der Waals surface area (Å²) >= 11 is 0. The minimum Gasteiger partial charge on any atom is -0.478 e. The average Bonchev–Trinajstić information content (AvgIpc) is 3.17. The van der Waals surface area contributed by atoms with Gasteiger partial charge in [0.05, 0.1) is 17.8 Å². The number of hydrogen-bond donors (Lipinski definition) is 1. The van der Waals surface area contributed by atoms with Crippen LogP contribution in [0.1, 0.15) is 42.1 Å². The molecule has 5 nitrogen and oxygen atoms in total. The first-order chi connectivity index (χ1) is 11.0. The van der Waals surface area contributed by atoms with Crippen molar-refractivity contribution >= 4 is 5.97 Å². The Morgan fingerprint density at radius 1 is 1.26 bits per heavy atom. The number of nitrogens with zero attached hydrogens (tertiary/aromatic N) is 2. The number of alkyl halides is 2. The van der Waals surface area contributed by atoms with Gasteiger partial charge >= 0.3 is 12.6 Å². The largest absolute Gasteiger partial charge is 0.478 e. The minimum atomic E-state index is -3.01. The maximum Gasteiger partial charge on any atom is 0.387 e. The molecule has 1 heterocycles. The molecule has 0 atom stereocenters.